The van der Waals surface area contributed by atoms with Gasteiger partial charge in [0.1, 0.15) is 0 Å². The van der Waals surface area contributed by atoms with Gasteiger partial charge in [0.25, 0.3) is 5.91 Å². The highest BCUT2D eigenvalue weighted by Crippen LogP contribution is 2.33. The third-order valence-corrected chi connectivity index (χ3v) is 6.01. The van der Waals surface area contributed by atoms with Gasteiger partial charge in [0.05, 0.1) is 23.7 Å². The van der Waals surface area contributed by atoms with Gasteiger partial charge in [-0.15, -0.1) is 0 Å². The number of benzene rings is 2. The predicted molar refractivity (Wildman–Crippen MR) is 112 cm³/mol. The minimum Gasteiger partial charge on any atom is -0.369 e. The number of hydrogen-bond donors (Lipinski definition) is 0. The molecule has 4 rings (SSSR count). The topological polar surface area (TPSA) is 43.9 Å². The first kappa shape index (κ1) is 21.4. The number of halogens is 3. The monoisotopic (exact) mass is 431 g/mol. The zero-order valence-corrected chi connectivity index (χ0v) is 17.4. The van der Waals surface area contributed by atoms with Gasteiger partial charge in [-0.25, -0.2) is 4.90 Å². The molecule has 1 atom stereocenters. The van der Waals surface area contributed by atoms with E-state index in [1.165, 1.54) is 11.0 Å². The fourth-order valence-corrected chi connectivity index (χ4v) is 4.38. The van der Waals surface area contributed by atoms with Crippen molar-refractivity contribution in [2.75, 3.05) is 36.0 Å². The Bertz CT molecular complexity index is 1010. The first-order valence-corrected chi connectivity index (χ1v) is 10.3. The van der Waals surface area contributed by atoms with Gasteiger partial charge in [0, 0.05) is 31.9 Å². The molecule has 0 bridgehead atoms. The third-order valence-electron chi connectivity index (χ3n) is 6.01. The molecule has 2 aromatic carbocycles. The van der Waals surface area contributed by atoms with Crippen molar-refractivity contribution in [1.82, 2.24) is 4.90 Å². The number of nitrogens with zero attached hydrogens (tertiary/aromatic N) is 3. The molecule has 2 fully saturated rings. The molecule has 0 spiro atoms. The minimum atomic E-state index is -4.38. The van der Waals surface area contributed by atoms with Crippen LogP contribution in [-0.4, -0.2) is 48.9 Å². The van der Waals surface area contributed by atoms with Gasteiger partial charge >= 0.3 is 6.18 Å². The minimum absolute atomic E-state index is 0.121. The van der Waals surface area contributed by atoms with Crippen LogP contribution in [-0.2, 0) is 15.8 Å². The van der Waals surface area contributed by atoms with Gasteiger partial charge in [-0.1, -0.05) is 23.8 Å². The maximum Gasteiger partial charge on any atom is 0.416 e. The number of aryl methyl sites for hydroxylation is 2. The Labute approximate surface area is 179 Å². The smallest absolute Gasteiger partial charge is 0.369 e. The Hall–Kier alpha value is -2.87. The number of rotatable bonds is 3. The van der Waals surface area contributed by atoms with Crippen LogP contribution >= 0.6 is 0 Å². The second-order valence-corrected chi connectivity index (χ2v) is 8.15. The Morgan fingerprint density at radius 2 is 1.65 bits per heavy atom. The van der Waals surface area contributed by atoms with Crippen molar-refractivity contribution in [3.05, 3.63) is 59.2 Å². The Balaban J connectivity index is 1.45. The zero-order valence-electron chi connectivity index (χ0n) is 17.4. The fourth-order valence-electron chi connectivity index (χ4n) is 4.38. The van der Waals surface area contributed by atoms with Gasteiger partial charge < -0.3 is 4.90 Å². The highest BCUT2D eigenvalue weighted by Gasteiger charge is 2.43. The standard InChI is InChI=1S/C23H24F3N3O2/c1-15-6-7-19(16(2)12-15)29-21(30)14-20(22(29)31)28-10-8-27(9-11-28)18-5-3-4-17(13-18)23(24,25)26/h3-7,12-13,20H,8-11,14H2,1-2H3/t20-/m1/s1. The number of carbonyl (C=O) groups is 2. The molecule has 2 heterocycles. The molecule has 0 N–H and O–H groups in total. The van der Waals surface area contributed by atoms with Crippen molar-refractivity contribution in [1.29, 1.82) is 0 Å². The molecule has 8 heteroatoms. The van der Waals surface area contributed by atoms with Crippen LogP contribution in [0.3, 0.4) is 0 Å². The molecule has 31 heavy (non-hydrogen) atoms. The summed E-state index contributed by atoms with van der Waals surface area (Å²) in [6, 6.07) is 10.4. The van der Waals surface area contributed by atoms with E-state index in [2.05, 4.69) is 0 Å². The van der Waals surface area contributed by atoms with Crippen LogP contribution in [0.4, 0.5) is 24.5 Å². The lowest BCUT2D eigenvalue weighted by Crippen LogP contribution is -2.52. The Morgan fingerprint density at radius 3 is 2.29 bits per heavy atom. The van der Waals surface area contributed by atoms with Gasteiger partial charge in [-0.2, -0.15) is 13.2 Å². The number of carbonyl (C=O) groups excluding carboxylic acids is 2. The number of alkyl halides is 3. The maximum absolute atomic E-state index is 13.1. The Kier molecular flexibility index (Phi) is 5.51. The van der Waals surface area contributed by atoms with E-state index >= 15 is 0 Å². The van der Waals surface area contributed by atoms with E-state index in [4.69, 9.17) is 0 Å². The van der Waals surface area contributed by atoms with Gasteiger partial charge in [0.15, 0.2) is 0 Å². The van der Waals surface area contributed by atoms with Crippen LogP contribution in [0.25, 0.3) is 0 Å². The SMILES string of the molecule is Cc1ccc(N2C(=O)C[C@@H](N3CCN(c4cccc(C(F)(F)F)c4)CC3)C2=O)c(C)c1. The number of imide groups is 1. The van der Waals surface area contributed by atoms with E-state index in [-0.39, 0.29) is 18.2 Å². The lowest BCUT2D eigenvalue weighted by atomic mass is 10.1. The number of anilines is 2. The molecule has 2 aliphatic rings. The van der Waals surface area contributed by atoms with Crippen molar-refractivity contribution < 1.29 is 22.8 Å². The van der Waals surface area contributed by atoms with Crippen LogP contribution in [0.1, 0.15) is 23.1 Å². The van der Waals surface area contributed by atoms with Crippen LogP contribution in [0.15, 0.2) is 42.5 Å². The largest absolute Gasteiger partial charge is 0.416 e. The summed E-state index contributed by atoms with van der Waals surface area (Å²) in [7, 11) is 0. The van der Waals surface area contributed by atoms with Crippen molar-refractivity contribution in [3.8, 4) is 0 Å². The van der Waals surface area contributed by atoms with E-state index in [9.17, 15) is 22.8 Å². The summed E-state index contributed by atoms with van der Waals surface area (Å²) in [6.45, 7) is 5.81. The third kappa shape index (κ3) is 4.17. The summed E-state index contributed by atoms with van der Waals surface area (Å²) in [6.07, 6.45) is -4.26. The lowest BCUT2D eigenvalue weighted by Gasteiger charge is -2.38. The van der Waals surface area contributed by atoms with Crippen molar-refractivity contribution in [2.24, 2.45) is 0 Å². The molecule has 0 aliphatic carbocycles. The fraction of sp³-hybridized carbons (Fsp3) is 0.391. The van der Waals surface area contributed by atoms with Crippen molar-refractivity contribution in [2.45, 2.75) is 32.5 Å². The van der Waals surface area contributed by atoms with Crippen molar-refractivity contribution in [3.63, 3.8) is 0 Å². The molecule has 0 radical (unpaired) electrons. The molecule has 2 amide bonds. The lowest BCUT2D eigenvalue weighted by molar-refractivity contribution is -0.137. The molecule has 2 aromatic rings. The van der Waals surface area contributed by atoms with E-state index in [1.807, 2.05) is 35.8 Å². The zero-order chi connectivity index (χ0) is 22.3. The summed E-state index contributed by atoms with van der Waals surface area (Å²) in [5.41, 5.74) is 2.39. The quantitative estimate of drug-likeness (QED) is 0.694. The molecule has 0 saturated carbocycles. The van der Waals surface area contributed by atoms with Gasteiger partial charge in [-0.05, 0) is 43.7 Å². The maximum atomic E-state index is 13.1. The van der Waals surface area contributed by atoms with Crippen molar-refractivity contribution >= 4 is 23.2 Å². The average molecular weight is 431 g/mol. The highest BCUT2D eigenvalue weighted by atomic mass is 19.4. The molecule has 2 saturated heterocycles. The van der Waals surface area contributed by atoms with E-state index in [1.54, 1.807) is 12.1 Å². The Morgan fingerprint density at radius 1 is 0.935 bits per heavy atom. The summed E-state index contributed by atoms with van der Waals surface area (Å²) in [5.74, 6) is -0.452. The molecule has 0 unspecified atom stereocenters. The predicted octanol–water partition coefficient (Wildman–Crippen LogP) is 3.78. The van der Waals surface area contributed by atoms with Crippen LogP contribution in [0, 0.1) is 13.8 Å². The number of piperazine rings is 1. The number of hydrogen-bond acceptors (Lipinski definition) is 4. The summed E-state index contributed by atoms with van der Waals surface area (Å²) in [4.78, 5) is 30.9. The van der Waals surface area contributed by atoms with Crippen LogP contribution in [0.2, 0.25) is 0 Å². The second-order valence-electron chi connectivity index (χ2n) is 8.15. The first-order chi connectivity index (χ1) is 14.6. The van der Waals surface area contributed by atoms with Crippen LogP contribution in [0.5, 0.6) is 0 Å². The molecule has 164 valence electrons. The van der Waals surface area contributed by atoms with Crippen LogP contribution < -0.4 is 9.80 Å². The molecule has 0 aromatic heterocycles. The summed E-state index contributed by atoms with van der Waals surface area (Å²) >= 11 is 0. The average Bonchev–Trinajstić information content (AvgIpc) is 3.02. The molecular formula is C23H24F3N3O2. The molecule has 5 nitrogen and oxygen atoms in total. The van der Waals surface area contributed by atoms with E-state index in [0.29, 0.717) is 37.6 Å². The summed E-state index contributed by atoms with van der Waals surface area (Å²) < 4.78 is 39.0. The van der Waals surface area contributed by atoms with E-state index < -0.39 is 17.8 Å². The molecular weight excluding hydrogens is 407 g/mol. The summed E-state index contributed by atoms with van der Waals surface area (Å²) in [5, 5.41) is 0. The highest BCUT2D eigenvalue weighted by molar-refractivity contribution is 6.22. The van der Waals surface area contributed by atoms with Gasteiger partial charge in [-0.3, -0.25) is 14.5 Å². The first-order valence-electron chi connectivity index (χ1n) is 10.3. The van der Waals surface area contributed by atoms with Gasteiger partial charge in [0.2, 0.25) is 5.91 Å². The second kappa shape index (κ2) is 8.00. The van der Waals surface area contributed by atoms with E-state index in [0.717, 1.165) is 23.3 Å². The number of amides is 2. The normalized spacial score (nSPS) is 20.6. The molecule has 2 aliphatic heterocycles.